The Hall–Kier alpha value is -1.57. The van der Waals surface area contributed by atoms with Gasteiger partial charge in [-0.05, 0) is 23.4 Å². The first kappa shape index (κ1) is 6.16. The van der Waals surface area contributed by atoms with Crippen LogP contribution in [0, 0.1) is 0 Å². The van der Waals surface area contributed by atoms with Crippen LogP contribution in [0.5, 0.6) is 0 Å². The molecule has 0 aliphatic carbocycles. The zero-order chi connectivity index (χ0) is 7.68. The molecule has 1 aromatic rings. The van der Waals surface area contributed by atoms with Crippen LogP contribution in [0.2, 0.25) is 0 Å². The van der Waals surface area contributed by atoms with Gasteiger partial charge in [-0.25, -0.2) is 0 Å². The number of hydrogen-bond acceptors (Lipinski definition) is 2. The predicted octanol–water partition coefficient (Wildman–Crippen LogP) is -0.0128. The lowest BCUT2D eigenvalue weighted by molar-refractivity contribution is 1.37. The van der Waals surface area contributed by atoms with E-state index in [0.29, 0.717) is 0 Å². The highest BCUT2D eigenvalue weighted by Gasteiger charge is 1.94. The smallest absolute Gasteiger partial charge is 0.0702 e. The van der Waals surface area contributed by atoms with Crippen molar-refractivity contribution in [3.05, 3.63) is 40.5 Å². The summed E-state index contributed by atoms with van der Waals surface area (Å²) in [7, 11) is 0. The summed E-state index contributed by atoms with van der Waals surface area (Å²) in [6.07, 6.45) is 5.36. The molecule has 0 fully saturated rings. The van der Waals surface area contributed by atoms with E-state index < -0.39 is 0 Å². The van der Waals surface area contributed by atoms with Crippen LogP contribution in [-0.4, -0.2) is 0 Å². The maximum absolute atomic E-state index is 5.36. The third kappa shape index (κ3) is 0.923. The maximum atomic E-state index is 5.36. The third-order valence-corrected chi connectivity index (χ3v) is 1.71. The largest absolute Gasteiger partial charge is 0.404 e. The molecule has 2 N–H and O–H groups in total. The van der Waals surface area contributed by atoms with Gasteiger partial charge in [-0.2, -0.15) is 0 Å². The minimum atomic E-state index is 1.02. The van der Waals surface area contributed by atoms with Crippen LogP contribution in [0.3, 0.4) is 0 Å². The number of nitrogens with two attached hydrogens (primary N) is 1. The molecule has 1 aliphatic heterocycles. The Balaban J connectivity index is 2.79. The van der Waals surface area contributed by atoms with Gasteiger partial charge in [0.1, 0.15) is 0 Å². The second-order valence-corrected chi connectivity index (χ2v) is 2.43. The molecule has 54 valence electrons. The molecule has 2 rings (SSSR count). The van der Waals surface area contributed by atoms with Crippen molar-refractivity contribution in [2.75, 3.05) is 0 Å². The van der Waals surface area contributed by atoms with Gasteiger partial charge >= 0.3 is 0 Å². The molecule has 0 atom stereocenters. The molecular weight excluding hydrogens is 136 g/mol. The van der Waals surface area contributed by atoms with Gasteiger partial charge in [-0.15, -0.1) is 0 Å². The Morgan fingerprint density at radius 2 is 2.27 bits per heavy atom. The van der Waals surface area contributed by atoms with E-state index in [0.717, 1.165) is 16.1 Å². The van der Waals surface area contributed by atoms with Crippen LogP contribution in [0.15, 0.2) is 29.4 Å². The highest BCUT2D eigenvalue weighted by molar-refractivity contribution is 5.52. The lowest BCUT2D eigenvalue weighted by Crippen LogP contribution is -2.11. The molecule has 1 aromatic carbocycles. The second kappa shape index (κ2) is 2.23. The number of nitrogens with zero attached hydrogens (tertiary/aromatic N) is 1. The van der Waals surface area contributed by atoms with Gasteiger partial charge in [0, 0.05) is 18.0 Å². The molecule has 2 heteroatoms. The topological polar surface area (TPSA) is 38.4 Å². The summed E-state index contributed by atoms with van der Waals surface area (Å²) in [6.45, 7) is 0. The standard InChI is InChI=1S/C9H8N2/c10-6-7-1-2-9-8(5-7)3-4-11-9/h1-6H,10H2/b7-6-. The molecule has 0 saturated carbocycles. The molecule has 1 aliphatic rings. The molecule has 0 unspecified atom stereocenters. The van der Waals surface area contributed by atoms with E-state index in [9.17, 15) is 0 Å². The Morgan fingerprint density at radius 1 is 1.36 bits per heavy atom. The molecule has 0 saturated heterocycles. The lowest BCUT2D eigenvalue weighted by atomic mass is 10.2. The van der Waals surface area contributed by atoms with E-state index in [1.165, 1.54) is 0 Å². The van der Waals surface area contributed by atoms with E-state index in [-0.39, 0.29) is 0 Å². The Bertz CT molecular complexity index is 416. The zero-order valence-electron chi connectivity index (χ0n) is 5.99. The monoisotopic (exact) mass is 144 g/mol. The van der Waals surface area contributed by atoms with Gasteiger partial charge < -0.3 is 5.73 Å². The van der Waals surface area contributed by atoms with Crippen molar-refractivity contribution < 1.29 is 0 Å². The minimum absolute atomic E-state index is 1.02. The number of rotatable bonds is 0. The maximum Gasteiger partial charge on any atom is 0.0702 e. The van der Waals surface area contributed by atoms with Gasteiger partial charge in [0.15, 0.2) is 0 Å². The summed E-state index contributed by atoms with van der Waals surface area (Å²) in [5.74, 6) is 0. The van der Waals surface area contributed by atoms with E-state index in [4.69, 9.17) is 5.73 Å². The number of fused-ring (bicyclic) bond motifs is 1. The summed E-state index contributed by atoms with van der Waals surface area (Å²) in [4.78, 5) is 4.14. The van der Waals surface area contributed by atoms with Gasteiger partial charge in [0.05, 0.1) is 5.36 Å². The Kier molecular flexibility index (Phi) is 1.25. The first-order valence-corrected chi connectivity index (χ1v) is 3.46. The SMILES string of the molecule is N/C=c1/ccc2c(c1)C=CN=2. The van der Waals surface area contributed by atoms with Crippen molar-refractivity contribution in [1.82, 2.24) is 0 Å². The zero-order valence-corrected chi connectivity index (χ0v) is 5.99. The molecule has 11 heavy (non-hydrogen) atoms. The van der Waals surface area contributed by atoms with Crippen LogP contribution in [0.25, 0.3) is 12.3 Å². The summed E-state index contributed by atoms with van der Waals surface area (Å²) < 4.78 is 0. The number of hydrogen-bond donors (Lipinski definition) is 1. The predicted molar refractivity (Wildman–Crippen MR) is 44.9 cm³/mol. The van der Waals surface area contributed by atoms with E-state index in [1.54, 1.807) is 12.4 Å². The van der Waals surface area contributed by atoms with Gasteiger partial charge in [-0.3, -0.25) is 4.99 Å². The van der Waals surface area contributed by atoms with E-state index >= 15 is 0 Å². The van der Waals surface area contributed by atoms with Crippen LogP contribution >= 0.6 is 0 Å². The summed E-state index contributed by atoms with van der Waals surface area (Å²) in [5, 5.41) is 2.06. The molecule has 1 heterocycles. The summed E-state index contributed by atoms with van der Waals surface area (Å²) >= 11 is 0. The average Bonchev–Trinajstić information content (AvgIpc) is 2.50. The fraction of sp³-hybridized carbons (Fsp3) is 0. The van der Waals surface area contributed by atoms with Gasteiger partial charge in [0.2, 0.25) is 0 Å². The van der Waals surface area contributed by atoms with Gasteiger partial charge in [0.25, 0.3) is 0 Å². The van der Waals surface area contributed by atoms with Crippen molar-refractivity contribution in [1.29, 1.82) is 0 Å². The van der Waals surface area contributed by atoms with Crippen LogP contribution < -0.4 is 16.3 Å². The summed E-state index contributed by atoms with van der Waals surface area (Å²) in [6, 6.07) is 5.94. The van der Waals surface area contributed by atoms with Crippen molar-refractivity contribution >= 4 is 12.3 Å². The summed E-state index contributed by atoms with van der Waals surface area (Å²) in [5.41, 5.74) is 6.51. The molecule has 2 nitrogen and oxygen atoms in total. The number of benzene rings is 1. The average molecular weight is 144 g/mol. The molecular formula is C9H8N2. The van der Waals surface area contributed by atoms with Crippen LogP contribution in [0.4, 0.5) is 0 Å². The van der Waals surface area contributed by atoms with E-state index in [1.807, 2.05) is 24.3 Å². The Morgan fingerprint density at radius 3 is 3.09 bits per heavy atom. The second-order valence-electron chi connectivity index (χ2n) is 2.43. The first-order valence-electron chi connectivity index (χ1n) is 3.46. The molecule has 0 amide bonds. The molecule has 0 spiro atoms. The van der Waals surface area contributed by atoms with Crippen LogP contribution in [0.1, 0.15) is 5.56 Å². The quantitative estimate of drug-likeness (QED) is 0.546. The third-order valence-electron chi connectivity index (χ3n) is 1.71. The fourth-order valence-electron chi connectivity index (χ4n) is 1.13. The lowest BCUT2D eigenvalue weighted by Gasteiger charge is -1.88. The minimum Gasteiger partial charge on any atom is -0.404 e. The van der Waals surface area contributed by atoms with Crippen molar-refractivity contribution in [2.45, 2.75) is 0 Å². The highest BCUT2D eigenvalue weighted by Crippen LogP contribution is 1.96. The normalized spacial score (nSPS) is 14.7. The van der Waals surface area contributed by atoms with Crippen molar-refractivity contribution in [2.24, 2.45) is 10.7 Å². The molecule has 0 radical (unpaired) electrons. The van der Waals surface area contributed by atoms with Crippen molar-refractivity contribution in [3.8, 4) is 0 Å². The van der Waals surface area contributed by atoms with Crippen molar-refractivity contribution in [3.63, 3.8) is 0 Å². The molecule has 0 aromatic heterocycles. The Labute approximate surface area is 64.4 Å². The fourth-order valence-corrected chi connectivity index (χ4v) is 1.13. The van der Waals surface area contributed by atoms with Crippen LogP contribution in [-0.2, 0) is 0 Å². The molecule has 0 bridgehead atoms. The first-order chi connectivity index (χ1) is 5.40. The van der Waals surface area contributed by atoms with E-state index in [2.05, 4.69) is 4.99 Å². The highest BCUT2D eigenvalue weighted by atomic mass is 14.7. The van der Waals surface area contributed by atoms with Gasteiger partial charge in [-0.1, -0.05) is 6.07 Å².